The average Bonchev–Trinajstić information content (AvgIpc) is 3.03. The predicted molar refractivity (Wildman–Crippen MR) is 166 cm³/mol. The maximum atomic E-state index is 15.0. The molecule has 218 valence electrons. The van der Waals surface area contributed by atoms with Gasteiger partial charge >= 0.3 is 7.82 Å². The molecule has 0 N–H and O–H groups in total. The van der Waals surface area contributed by atoms with Crippen LogP contribution in [0.1, 0.15) is 131 Å². The van der Waals surface area contributed by atoms with Crippen LogP contribution < -0.4 is 13.6 Å². The van der Waals surface area contributed by atoms with Crippen molar-refractivity contribution in [3.8, 4) is 17.2 Å². The molecule has 0 unspecified atom stereocenters. The minimum atomic E-state index is -4.12. The molecule has 0 saturated heterocycles. The topological polar surface area (TPSA) is 44.8 Å². The number of hydrogen-bond acceptors (Lipinski definition) is 4. The highest BCUT2D eigenvalue weighted by atomic mass is 31.2. The van der Waals surface area contributed by atoms with Gasteiger partial charge in [-0.05, 0) is 91.2 Å². The Labute approximate surface area is 246 Å². The third-order valence-electron chi connectivity index (χ3n) is 9.52. The van der Waals surface area contributed by atoms with Crippen LogP contribution >= 0.6 is 7.82 Å². The van der Waals surface area contributed by atoms with Crippen molar-refractivity contribution in [2.75, 3.05) is 0 Å². The maximum absolute atomic E-state index is 15.0. The fourth-order valence-electron chi connectivity index (χ4n) is 7.36. The van der Waals surface area contributed by atoms with E-state index in [9.17, 15) is 4.57 Å². The molecule has 0 atom stereocenters. The summed E-state index contributed by atoms with van der Waals surface area (Å²) in [6.07, 6.45) is 17.9. The van der Waals surface area contributed by atoms with E-state index in [1.807, 2.05) is 36.4 Å². The zero-order valence-electron chi connectivity index (χ0n) is 24.3. The van der Waals surface area contributed by atoms with Crippen molar-refractivity contribution >= 4 is 7.82 Å². The fraction of sp³-hybridized carbons (Fsp3) is 0.500. The summed E-state index contributed by atoms with van der Waals surface area (Å²) in [5.74, 6) is 3.06. The van der Waals surface area contributed by atoms with Crippen molar-refractivity contribution in [3.05, 3.63) is 89.5 Å². The molecule has 6 rings (SSSR count). The molecule has 3 aliphatic rings. The Bertz CT molecular complexity index is 1160. The number of phosphoric acid groups is 1. The summed E-state index contributed by atoms with van der Waals surface area (Å²) in [6.45, 7) is 0. The van der Waals surface area contributed by atoms with Gasteiger partial charge in [-0.1, -0.05) is 112 Å². The normalized spacial score (nSPS) is 19.5. The molecule has 0 bridgehead atoms. The molecule has 3 aromatic rings. The zero-order valence-corrected chi connectivity index (χ0v) is 25.2. The summed E-state index contributed by atoms with van der Waals surface area (Å²) in [4.78, 5) is 0. The minimum Gasteiger partial charge on any atom is -0.386 e. The van der Waals surface area contributed by atoms with Gasteiger partial charge in [0.1, 0.15) is 17.2 Å². The van der Waals surface area contributed by atoms with Crippen LogP contribution in [-0.2, 0) is 4.57 Å². The van der Waals surface area contributed by atoms with E-state index in [1.54, 1.807) is 0 Å². The number of hydrogen-bond donors (Lipinski definition) is 0. The highest BCUT2D eigenvalue weighted by Gasteiger charge is 2.37. The molecule has 0 heterocycles. The molecule has 4 nitrogen and oxygen atoms in total. The van der Waals surface area contributed by atoms with E-state index < -0.39 is 7.82 Å². The van der Waals surface area contributed by atoms with Gasteiger partial charge in [0, 0.05) is 0 Å². The monoisotopic (exact) mass is 572 g/mol. The van der Waals surface area contributed by atoms with Gasteiger partial charge in [0.05, 0.1) is 0 Å². The third-order valence-corrected chi connectivity index (χ3v) is 10.8. The first kappa shape index (κ1) is 28.4. The molecule has 3 aromatic carbocycles. The van der Waals surface area contributed by atoms with Crippen LogP contribution in [0.15, 0.2) is 72.8 Å². The van der Waals surface area contributed by atoms with E-state index in [1.165, 1.54) is 57.8 Å². The largest absolute Gasteiger partial charge is 0.647 e. The minimum absolute atomic E-state index is 0.400. The van der Waals surface area contributed by atoms with Gasteiger partial charge in [0.15, 0.2) is 0 Å². The fourth-order valence-corrected chi connectivity index (χ4v) is 8.69. The van der Waals surface area contributed by atoms with Gasteiger partial charge in [-0.15, -0.1) is 0 Å². The van der Waals surface area contributed by atoms with Crippen LogP contribution in [0, 0.1) is 0 Å². The second-order valence-corrected chi connectivity index (χ2v) is 13.8. The number of rotatable bonds is 9. The quantitative estimate of drug-likeness (QED) is 0.239. The molecule has 0 amide bonds. The lowest BCUT2D eigenvalue weighted by molar-refractivity contribution is 0.290. The standard InChI is InChI=1S/C36H45O4P/c37-41(38-34-25-13-10-22-31(34)28-16-4-1-5-17-28,39-35-26-14-11-23-32(35)29-18-6-2-7-19-29)40-36-27-15-12-24-33(36)30-20-8-3-9-21-30/h10-15,22-30H,1-9,16-21H2. The van der Waals surface area contributed by atoms with Crippen molar-refractivity contribution in [2.45, 2.75) is 114 Å². The molecule has 3 aliphatic carbocycles. The van der Waals surface area contributed by atoms with Crippen LogP contribution in [0.5, 0.6) is 17.2 Å². The Morgan fingerprint density at radius 3 is 0.976 bits per heavy atom. The van der Waals surface area contributed by atoms with E-state index in [2.05, 4.69) is 36.4 Å². The van der Waals surface area contributed by atoms with E-state index in [0.29, 0.717) is 35.0 Å². The average molecular weight is 573 g/mol. The second-order valence-electron chi connectivity index (χ2n) is 12.3. The Balaban J connectivity index is 1.36. The smallest absolute Gasteiger partial charge is 0.386 e. The molecule has 0 aromatic heterocycles. The van der Waals surface area contributed by atoms with Crippen LogP contribution in [0.4, 0.5) is 0 Å². The van der Waals surface area contributed by atoms with Crippen molar-refractivity contribution in [1.82, 2.24) is 0 Å². The van der Waals surface area contributed by atoms with Crippen molar-refractivity contribution in [1.29, 1.82) is 0 Å². The summed E-state index contributed by atoms with van der Waals surface area (Å²) in [5.41, 5.74) is 3.34. The first-order chi connectivity index (χ1) is 20.2. The Kier molecular flexibility index (Phi) is 9.36. The van der Waals surface area contributed by atoms with Crippen LogP contribution in [-0.4, -0.2) is 0 Å². The molecular formula is C36H45O4P. The highest BCUT2D eigenvalue weighted by Crippen LogP contribution is 2.55. The molecule has 3 saturated carbocycles. The molecule has 41 heavy (non-hydrogen) atoms. The van der Waals surface area contributed by atoms with E-state index in [-0.39, 0.29) is 0 Å². The lowest BCUT2D eigenvalue weighted by atomic mass is 9.84. The summed E-state index contributed by atoms with van der Waals surface area (Å²) in [6, 6.07) is 24.2. The first-order valence-electron chi connectivity index (χ1n) is 16.1. The molecular weight excluding hydrogens is 527 g/mol. The lowest BCUT2D eigenvalue weighted by Gasteiger charge is -2.29. The van der Waals surface area contributed by atoms with Crippen LogP contribution in [0.25, 0.3) is 0 Å². The molecule has 0 radical (unpaired) electrons. The van der Waals surface area contributed by atoms with Gasteiger partial charge in [-0.25, -0.2) is 0 Å². The van der Waals surface area contributed by atoms with Crippen LogP contribution in [0.2, 0.25) is 0 Å². The van der Waals surface area contributed by atoms with E-state index in [4.69, 9.17) is 13.6 Å². The molecule has 0 aliphatic heterocycles. The maximum Gasteiger partial charge on any atom is 0.647 e. The predicted octanol–water partition coefficient (Wildman–Crippen LogP) is 11.5. The summed E-state index contributed by atoms with van der Waals surface area (Å²) in [5, 5.41) is 0. The van der Waals surface area contributed by atoms with E-state index >= 15 is 0 Å². The molecule has 0 spiro atoms. The zero-order chi connectivity index (χ0) is 27.9. The number of para-hydroxylation sites is 3. The van der Waals surface area contributed by atoms with Gasteiger partial charge in [0.25, 0.3) is 0 Å². The van der Waals surface area contributed by atoms with Crippen molar-refractivity contribution < 1.29 is 18.1 Å². The van der Waals surface area contributed by atoms with Gasteiger partial charge in [0.2, 0.25) is 0 Å². The number of phosphoric ester groups is 1. The van der Waals surface area contributed by atoms with Gasteiger partial charge in [-0.2, -0.15) is 4.57 Å². The molecule has 3 fully saturated rings. The van der Waals surface area contributed by atoms with Crippen molar-refractivity contribution in [2.24, 2.45) is 0 Å². The van der Waals surface area contributed by atoms with Gasteiger partial charge < -0.3 is 13.6 Å². The second kappa shape index (κ2) is 13.5. The molecule has 5 heteroatoms. The first-order valence-corrected chi connectivity index (χ1v) is 17.6. The number of benzene rings is 3. The van der Waals surface area contributed by atoms with E-state index in [0.717, 1.165) is 55.2 Å². The SMILES string of the molecule is O=P(Oc1ccccc1C1CCCCC1)(Oc1ccccc1C1CCCCC1)Oc1ccccc1C1CCCCC1. The van der Waals surface area contributed by atoms with Crippen LogP contribution in [0.3, 0.4) is 0 Å². The summed E-state index contributed by atoms with van der Waals surface area (Å²) in [7, 11) is -4.12. The highest BCUT2D eigenvalue weighted by molar-refractivity contribution is 7.49. The van der Waals surface area contributed by atoms with Gasteiger partial charge in [-0.3, -0.25) is 0 Å². The Morgan fingerprint density at radius 1 is 0.415 bits per heavy atom. The third kappa shape index (κ3) is 7.03. The lowest BCUT2D eigenvalue weighted by Crippen LogP contribution is -2.14. The van der Waals surface area contributed by atoms with Crippen molar-refractivity contribution in [3.63, 3.8) is 0 Å². The summed E-state index contributed by atoms with van der Waals surface area (Å²) >= 11 is 0. The Hall–Kier alpha value is -2.71. The summed E-state index contributed by atoms with van der Waals surface area (Å²) < 4.78 is 34.4. The Morgan fingerprint density at radius 2 is 0.683 bits per heavy atom.